The van der Waals surface area contributed by atoms with Gasteiger partial charge in [-0.15, -0.1) is 11.3 Å². The first-order valence-corrected chi connectivity index (χ1v) is 7.97. The Morgan fingerprint density at radius 2 is 1.86 bits per heavy atom. The molecule has 2 aromatic carbocycles. The van der Waals surface area contributed by atoms with Crippen LogP contribution in [0.1, 0.15) is 22.0 Å². The summed E-state index contributed by atoms with van der Waals surface area (Å²) in [4.78, 5) is 1.06. The predicted octanol–water partition coefficient (Wildman–Crippen LogP) is 5.31. The number of aryl methyl sites for hydroxylation is 1. The van der Waals surface area contributed by atoms with Crippen LogP contribution in [0.3, 0.4) is 0 Å². The predicted molar refractivity (Wildman–Crippen MR) is 88.9 cm³/mol. The van der Waals surface area contributed by atoms with E-state index in [0.717, 1.165) is 26.4 Å². The van der Waals surface area contributed by atoms with Crippen molar-refractivity contribution in [2.45, 2.75) is 13.0 Å². The fourth-order valence-electron chi connectivity index (χ4n) is 2.61. The maximum atomic E-state index is 14.0. The van der Waals surface area contributed by atoms with E-state index < -0.39 is 0 Å². The van der Waals surface area contributed by atoms with Gasteiger partial charge in [0.1, 0.15) is 5.82 Å². The molecule has 21 heavy (non-hydrogen) atoms. The van der Waals surface area contributed by atoms with Crippen molar-refractivity contribution in [3.63, 3.8) is 0 Å². The summed E-state index contributed by atoms with van der Waals surface area (Å²) < 4.78 is 14.0. The molecule has 0 aliphatic heterocycles. The van der Waals surface area contributed by atoms with Gasteiger partial charge in [0.15, 0.2) is 0 Å². The topological polar surface area (TPSA) is 12.0 Å². The van der Waals surface area contributed by atoms with E-state index in [9.17, 15) is 4.39 Å². The van der Waals surface area contributed by atoms with Crippen LogP contribution < -0.4 is 5.32 Å². The SMILES string of the molecule is CNC(c1scc(C)c1Cl)c1ccc(F)c2ccccc12. The fraction of sp³-hybridized carbons (Fsp3) is 0.176. The molecule has 1 heterocycles. The Hall–Kier alpha value is -1.42. The molecular formula is C17H15ClFNS. The van der Waals surface area contributed by atoms with Crippen molar-refractivity contribution in [1.29, 1.82) is 0 Å². The van der Waals surface area contributed by atoms with Crippen molar-refractivity contribution in [2.75, 3.05) is 7.05 Å². The van der Waals surface area contributed by atoms with Gasteiger partial charge in [-0.05, 0) is 41.9 Å². The molecule has 1 unspecified atom stereocenters. The zero-order valence-electron chi connectivity index (χ0n) is 11.8. The van der Waals surface area contributed by atoms with E-state index in [-0.39, 0.29) is 11.9 Å². The average Bonchev–Trinajstić information content (AvgIpc) is 2.83. The van der Waals surface area contributed by atoms with E-state index >= 15 is 0 Å². The highest BCUT2D eigenvalue weighted by Crippen LogP contribution is 2.38. The molecular weight excluding hydrogens is 305 g/mol. The molecule has 0 radical (unpaired) electrons. The van der Waals surface area contributed by atoms with Crippen molar-refractivity contribution in [3.05, 3.63) is 68.6 Å². The summed E-state index contributed by atoms with van der Waals surface area (Å²) >= 11 is 8.04. The number of nitrogens with one attached hydrogen (secondary N) is 1. The van der Waals surface area contributed by atoms with Gasteiger partial charge in [-0.25, -0.2) is 4.39 Å². The van der Waals surface area contributed by atoms with Crippen molar-refractivity contribution in [3.8, 4) is 0 Å². The van der Waals surface area contributed by atoms with E-state index in [2.05, 4.69) is 5.32 Å². The van der Waals surface area contributed by atoms with Gasteiger partial charge in [-0.3, -0.25) is 0 Å². The second-order valence-corrected chi connectivity index (χ2v) is 6.29. The maximum Gasteiger partial charge on any atom is 0.131 e. The Labute approximate surface area is 132 Å². The molecule has 1 aromatic heterocycles. The van der Waals surface area contributed by atoms with Gasteiger partial charge in [0.05, 0.1) is 11.1 Å². The van der Waals surface area contributed by atoms with Crippen LogP contribution in [0.25, 0.3) is 10.8 Å². The molecule has 1 atom stereocenters. The van der Waals surface area contributed by atoms with Gasteiger partial charge < -0.3 is 5.32 Å². The van der Waals surface area contributed by atoms with Gasteiger partial charge >= 0.3 is 0 Å². The van der Waals surface area contributed by atoms with Gasteiger partial charge in [-0.2, -0.15) is 0 Å². The lowest BCUT2D eigenvalue weighted by Crippen LogP contribution is -2.17. The molecule has 4 heteroatoms. The number of thiophene rings is 1. The summed E-state index contributed by atoms with van der Waals surface area (Å²) in [5.41, 5.74) is 2.11. The number of hydrogen-bond acceptors (Lipinski definition) is 2. The normalized spacial score (nSPS) is 12.8. The minimum atomic E-state index is -0.197. The highest BCUT2D eigenvalue weighted by atomic mass is 35.5. The average molecular weight is 320 g/mol. The van der Waals surface area contributed by atoms with Crippen LogP contribution in [-0.2, 0) is 0 Å². The van der Waals surface area contributed by atoms with Crippen molar-refractivity contribution < 1.29 is 4.39 Å². The molecule has 3 aromatic rings. The molecule has 0 saturated heterocycles. The highest BCUT2D eigenvalue weighted by Gasteiger charge is 2.21. The first-order valence-electron chi connectivity index (χ1n) is 6.71. The van der Waals surface area contributed by atoms with E-state index in [4.69, 9.17) is 11.6 Å². The summed E-state index contributed by atoms with van der Waals surface area (Å²) in [7, 11) is 1.90. The smallest absolute Gasteiger partial charge is 0.131 e. The van der Waals surface area contributed by atoms with Crippen LogP contribution in [0.2, 0.25) is 5.02 Å². The summed E-state index contributed by atoms with van der Waals surface area (Å²) in [5, 5.41) is 7.69. The van der Waals surface area contributed by atoms with E-state index in [1.807, 2.05) is 49.7 Å². The van der Waals surface area contributed by atoms with Crippen LogP contribution in [0.15, 0.2) is 41.8 Å². The van der Waals surface area contributed by atoms with Crippen LogP contribution in [0.4, 0.5) is 4.39 Å². The molecule has 0 aliphatic carbocycles. The first-order chi connectivity index (χ1) is 10.1. The number of fused-ring (bicyclic) bond motifs is 1. The molecule has 0 spiro atoms. The zero-order chi connectivity index (χ0) is 15.0. The first kappa shape index (κ1) is 14.5. The summed E-state index contributed by atoms with van der Waals surface area (Å²) in [5.74, 6) is -0.197. The molecule has 0 saturated carbocycles. The molecule has 0 bridgehead atoms. The van der Waals surface area contributed by atoms with E-state index in [1.165, 1.54) is 6.07 Å². The minimum Gasteiger partial charge on any atom is -0.309 e. The lowest BCUT2D eigenvalue weighted by Gasteiger charge is -2.18. The third-order valence-corrected chi connectivity index (χ3v) is 5.47. The standard InChI is InChI=1S/C17H15ClFNS/c1-10-9-21-17(15(10)18)16(20-2)13-7-8-14(19)12-6-4-3-5-11(12)13/h3-9,16,20H,1-2H3. The van der Waals surface area contributed by atoms with Crippen LogP contribution in [-0.4, -0.2) is 7.05 Å². The molecule has 1 nitrogen and oxygen atoms in total. The second-order valence-electron chi connectivity index (χ2n) is 5.00. The number of halogens is 2. The number of hydrogen-bond donors (Lipinski definition) is 1. The van der Waals surface area contributed by atoms with Crippen LogP contribution >= 0.6 is 22.9 Å². The third-order valence-electron chi connectivity index (χ3n) is 3.69. The highest BCUT2D eigenvalue weighted by molar-refractivity contribution is 7.10. The van der Waals surface area contributed by atoms with Crippen molar-refractivity contribution >= 4 is 33.7 Å². The Morgan fingerprint density at radius 1 is 1.14 bits per heavy atom. The van der Waals surface area contributed by atoms with E-state index in [1.54, 1.807) is 11.3 Å². The summed E-state index contributed by atoms with van der Waals surface area (Å²) in [6, 6.07) is 10.9. The van der Waals surface area contributed by atoms with E-state index in [0.29, 0.717) is 5.39 Å². The van der Waals surface area contributed by atoms with Crippen molar-refractivity contribution in [1.82, 2.24) is 5.32 Å². The van der Waals surface area contributed by atoms with Gasteiger partial charge in [0.25, 0.3) is 0 Å². The molecule has 0 aliphatic rings. The summed E-state index contributed by atoms with van der Waals surface area (Å²) in [6.45, 7) is 2.00. The largest absolute Gasteiger partial charge is 0.309 e. The molecule has 108 valence electrons. The van der Waals surface area contributed by atoms with Crippen LogP contribution in [0, 0.1) is 12.7 Å². The Morgan fingerprint density at radius 3 is 2.48 bits per heavy atom. The Bertz CT molecular complexity index is 797. The monoisotopic (exact) mass is 319 g/mol. The quantitative estimate of drug-likeness (QED) is 0.689. The number of benzene rings is 2. The maximum absolute atomic E-state index is 14.0. The molecule has 0 fully saturated rings. The second kappa shape index (κ2) is 5.76. The lowest BCUT2D eigenvalue weighted by molar-refractivity contribution is 0.637. The van der Waals surface area contributed by atoms with Crippen molar-refractivity contribution in [2.24, 2.45) is 0 Å². The zero-order valence-corrected chi connectivity index (χ0v) is 13.4. The lowest BCUT2D eigenvalue weighted by atomic mass is 9.97. The summed E-state index contributed by atoms with van der Waals surface area (Å²) in [6.07, 6.45) is 0. The minimum absolute atomic E-state index is 0.0401. The van der Waals surface area contributed by atoms with Crippen LogP contribution in [0.5, 0.6) is 0 Å². The Kier molecular flexibility index (Phi) is 3.98. The van der Waals surface area contributed by atoms with Gasteiger partial charge in [0.2, 0.25) is 0 Å². The van der Waals surface area contributed by atoms with Gasteiger partial charge in [0, 0.05) is 10.3 Å². The third kappa shape index (κ3) is 2.46. The molecule has 3 rings (SSSR count). The molecule has 0 amide bonds. The number of rotatable bonds is 3. The Balaban J connectivity index is 2.23. The van der Waals surface area contributed by atoms with Gasteiger partial charge in [-0.1, -0.05) is 41.9 Å². The fourth-order valence-corrected chi connectivity index (χ4v) is 4.04. The molecule has 1 N–H and O–H groups in total.